The Balaban J connectivity index is 2.28. The molecule has 0 heterocycles. The summed E-state index contributed by atoms with van der Waals surface area (Å²) in [4.78, 5) is 22.5. The van der Waals surface area contributed by atoms with Gasteiger partial charge in [-0.15, -0.1) is 0 Å². The molecule has 2 rings (SSSR count). The predicted octanol–water partition coefficient (Wildman–Crippen LogP) is 3.68. The van der Waals surface area contributed by atoms with Gasteiger partial charge in [-0.05, 0) is 30.3 Å². The van der Waals surface area contributed by atoms with Crippen LogP contribution in [0.15, 0.2) is 60.7 Å². The number of rotatable bonds is 4. The number of para-hydroxylation sites is 1. The molecule has 0 atom stereocenters. The molecular weight excluding hydrogens is 276 g/mol. The number of hydrogen-bond acceptors (Lipinski definition) is 3. The molecule has 2 aromatic rings. The van der Waals surface area contributed by atoms with Gasteiger partial charge in [-0.3, -0.25) is 4.79 Å². The normalized spacial score (nSPS) is 10.9. The minimum absolute atomic E-state index is 0.219. The van der Waals surface area contributed by atoms with Crippen LogP contribution in [0.3, 0.4) is 0 Å². The third-order valence-corrected chi connectivity index (χ3v) is 2.90. The fourth-order valence-corrected chi connectivity index (χ4v) is 1.84. The summed E-state index contributed by atoms with van der Waals surface area (Å²) < 4.78 is 5.32. The second-order valence-corrected chi connectivity index (χ2v) is 4.31. The van der Waals surface area contributed by atoms with Crippen molar-refractivity contribution in [2.75, 3.05) is 0 Å². The molecule has 0 N–H and O–H groups in total. The van der Waals surface area contributed by atoms with Gasteiger partial charge in [-0.25, -0.2) is 4.79 Å². The Hall–Kier alpha value is -2.39. The zero-order valence-electron chi connectivity index (χ0n) is 10.5. The number of hydrogen-bond donors (Lipinski definition) is 0. The maximum Gasteiger partial charge on any atom is 0.343 e. The van der Waals surface area contributed by atoms with Crippen LogP contribution in [0.25, 0.3) is 5.03 Å². The van der Waals surface area contributed by atoms with Crippen molar-refractivity contribution < 1.29 is 14.3 Å². The summed E-state index contributed by atoms with van der Waals surface area (Å²) in [6, 6.07) is 15.4. The van der Waals surface area contributed by atoms with Gasteiger partial charge in [-0.2, -0.15) is 0 Å². The van der Waals surface area contributed by atoms with Gasteiger partial charge in [0.2, 0.25) is 0 Å². The van der Waals surface area contributed by atoms with E-state index in [1.165, 1.54) is 6.08 Å². The summed E-state index contributed by atoms with van der Waals surface area (Å²) in [5.74, 6) is -0.168. The highest BCUT2D eigenvalue weighted by Crippen LogP contribution is 2.28. The molecular formula is C16H11ClO3. The molecule has 0 aromatic heterocycles. The summed E-state index contributed by atoms with van der Waals surface area (Å²) in [6.45, 7) is 0. The van der Waals surface area contributed by atoms with Crippen LogP contribution >= 0.6 is 11.6 Å². The second kappa shape index (κ2) is 6.68. The average molecular weight is 287 g/mol. The van der Waals surface area contributed by atoms with Crippen LogP contribution in [0.1, 0.15) is 15.9 Å². The molecule has 0 aliphatic rings. The highest BCUT2D eigenvalue weighted by atomic mass is 35.5. The molecule has 0 spiro atoms. The van der Waals surface area contributed by atoms with E-state index in [4.69, 9.17) is 16.3 Å². The van der Waals surface area contributed by atoms with Crippen molar-refractivity contribution in [3.05, 3.63) is 71.8 Å². The molecule has 2 aromatic carbocycles. The molecule has 0 unspecified atom stereocenters. The van der Waals surface area contributed by atoms with Crippen LogP contribution in [0.2, 0.25) is 0 Å². The third kappa shape index (κ3) is 3.33. The molecule has 0 saturated carbocycles. The van der Waals surface area contributed by atoms with Crippen LogP contribution in [0.5, 0.6) is 5.75 Å². The first-order valence-corrected chi connectivity index (χ1v) is 6.28. The highest BCUT2D eigenvalue weighted by molar-refractivity contribution is 6.50. The summed E-state index contributed by atoms with van der Waals surface area (Å²) in [5.41, 5.74) is 0.934. The minimum atomic E-state index is -0.478. The number of carbonyl (C=O) groups is 2. The maximum atomic E-state index is 12.0. The lowest BCUT2D eigenvalue weighted by Crippen LogP contribution is -2.09. The number of allylic oxidation sites excluding steroid dienone is 1. The van der Waals surface area contributed by atoms with Gasteiger partial charge in [-0.1, -0.05) is 41.9 Å². The van der Waals surface area contributed by atoms with Crippen molar-refractivity contribution >= 4 is 28.9 Å². The number of esters is 1. The van der Waals surface area contributed by atoms with Crippen molar-refractivity contribution in [2.45, 2.75) is 0 Å². The van der Waals surface area contributed by atoms with Crippen LogP contribution in [-0.2, 0) is 4.79 Å². The van der Waals surface area contributed by atoms with Gasteiger partial charge in [0.15, 0.2) is 0 Å². The standard InChI is InChI=1S/C16H11ClO3/c17-14(10-11-18)13-8-4-5-9-15(13)20-16(19)12-6-2-1-3-7-12/h1-11H/b14-10-. The number of ether oxygens (including phenoxy) is 1. The lowest BCUT2D eigenvalue weighted by Gasteiger charge is -2.09. The molecule has 0 saturated heterocycles. The average Bonchev–Trinajstić information content (AvgIpc) is 2.49. The van der Waals surface area contributed by atoms with Gasteiger partial charge in [0.1, 0.15) is 12.0 Å². The topological polar surface area (TPSA) is 43.4 Å². The smallest absolute Gasteiger partial charge is 0.343 e. The van der Waals surface area contributed by atoms with Crippen molar-refractivity contribution in [3.63, 3.8) is 0 Å². The van der Waals surface area contributed by atoms with E-state index in [2.05, 4.69) is 0 Å². The molecule has 100 valence electrons. The van der Waals surface area contributed by atoms with Crippen LogP contribution < -0.4 is 4.74 Å². The Bertz CT molecular complexity index is 648. The Morgan fingerprint density at radius 2 is 1.65 bits per heavy atom. The maximum absolute atomic E-state index is 12.0. The minimum Gasteiger partial charge on any atom is -0.422 e. The second-order valence-electron chi connectivity index (χ2n) is 3.90. The van der Waals surface area contributed by atoms with E-state index >= 15 is 0 Å². The summed E-state index contributed by atoms with van der Waals surface area (Å²) in [6.07, 6.45) is 1.79. The Labute approximate surface area is 121 Å². The van der Waals surface area contributed by atoms with Crippen molar-refractivity contribution in [1.29, 1.82) is 0 Å². The van der Waals surface area contributed by atoms with Gasteiger partial charge in [0.25, 0.3) is 0 Å². The van der Waals surface area contributed by atoms with Crippen molar-refractivity contribution in [2.24, 2.45) is 0 Å². The Kier molecular flexibility index (Phi) is 4.69. The lowest BCUT2D eigenvalue weighted by molar-refractivity contribution is -0.104. The van der Waals surface area contributed by atoms with Crippen molar-refractivity contribution in [3.8, 4) is 5.75 Å². The van der Waals surface area contributed by atoms with E-state index in [9.17, 15) is 9.59 Å². The molecule has 0 amide bonds. The zero-order chi connectivity index (χ0) is 14.4. The van der Waals surface area contributed by atoms with Gasteiger partial charge < -0.3 is 4.74 Å². The fraction of sp³-hybridized carbons (Fsp3) is 0. The first-order chi connectivity index (χ1) is 9.72. The number of benzene rings is 2. The fourth-order valence-electron chi connectivity index (χ4n) is 1.64. The van der Waals surface area contributed by atoms with E-state index in [-0.39, 0.29) is 5.03 Å². The monoisotopic (exact) mass is 286 g/mol. The summed E-state index contributed by atoms with van der Waals surface area (Å²) >= 11 is 5.98. The number of halogens is 1. The summed E-state index contributed by atoms with van der Waals surface area (Å²) in [5, 5.41) is 0.219. The highest BCUT2D eigenvalue weighted by Gasteiger charge is 2.12. The molecule has 0 fully saturated rings. The van der Waals surface area contributed by atoms with Gasteiger partial charge >= 0.3 is 5.97 Å². The molecule has 3 nitrogen and oxygen atoms in total. The molecule has 0 aliphatic heterocycles. The Morgan fingerprint density at radius 3 is 2.35 bits per heavy atom. The van der Waals surface area contributed by atoms with Gasteiger partial charge in [0.05, 0.1) is 10.6 Å². The number of aldehydes is 1. The molecule has 0 bridgehead atoms. The van der Waals surface area contributed by atoms with Crippen LogP contribution in [0, 0.1) is 0 Å². The molecule has 4 heteroatoms. The SMILES string of the molecule is O=C/C=C(\Cl)c1ccccc1OC(=O)c1ccccc1. The van der Waals surface area contributed by atoms with Crippen LogP contribution in [0.4, 0.5) is 0 Å². The van der Waals surface area contributed by atoms with E-state index < -0.39 is 5.97 Å². The van der Waals surface area contributed by atoms with Crippen LogP contribution in [-0.4, -0.2) is 12.3 Å². The lowest BCUT2D eigenvalue weighted by atomic mass is 10.2. The number of carbonyl (C=O) groups excluding carboxylic acids is 2. The third-order valence-electron chi connectivity index (χ3n) is 2.57. The molecule has 0 aliphatic carbocycles. The van der Waals surface area contributed by atoms with E-state index in [0.29, 0.717) is 23.2 Å². The van der Waals surface area contributed by atoms with Gasteiger partial charge in [0, 0.05) is 5.56 Å². The first-order valence-electron chi connectivity index (χ1n) is 5.90. The Morgan fingerprint density at radius 1 is 1.00 bits per heavy atom. The largest absolute Gasteiger partial charge is 0.422 e. The summed E-state index contributed by atoms with van der Waals surface area (Å²) in [7, 11) is 0. The van der Waals surface area contributed by atoms with E-state index in [1.807, 2.05) is 6.07 Å². The molecule has 0 radical (unpaired) electrons. The molecule has 20 heavy (non-hydrogen) atoms. The van der Waals surface area contributed by atoms with E-state index in [1.54, 1.807) is 48.5 Å². The van der Waals surface area contributed by atoms with Crippen molar-refractivity contribution in [1.82, 2.24) is 0 Å². The predicted molar refractivity (Wildman–Crippen MR) is 77.7 cm³/mol. The zero-order valence-corrected chi connectivity index (χ0v) is 11.2. The van der Waals surface area contributed by atoms with E-state index in [0.717, 1.165) is 0 Å². The quantitative estimate of drug-likeness (QED) is 0.373. The first kappa shape index (κ1) is 14.0.